The van der Waals surface area contributed by atoms with Gasteiger partial charge in [0, 0.05) is 0 Å². The van der Waals surface area contributed by atoms with Crippen LogP contribution in [0, 0.1) is 34.5 Å². The van der Waals surface area contributed by atoms with E-state index in [-0.39, 0.29) is 18.4 Å². The van der Waals surface area contributed by atoms with Crippen LogP contribution >= 0.6 is 0 Å². The van der Waals surface area contributed by atoms with Gasteiger partial charge in [-0.15, -0.1) is 0 Å². The normalized spacial score (nSPS) is 23.2. The van der Waals surface area contributed by atoms with Crippen molar-refractivity contribution in [3.05, 3.63) is 0 Å². The first-order chi connectivity index (χ1) is 12.1. The predicted octanol–water partition coefficient (Wildman–Crippen LogP) is 4.31. The van der Waals surface area contributed by atoms with Crippen LogP contribution in [0.25, 0.3) is 0 Å². The average Bonchev–Trinajstić information content (AvgIpc) is 2.65. The molecule has 0 aromatic carbocycles. The number of carbonyl (C=O) groups is 2. The molecule has 2 atom stereocenters. The van der Waals surface area contributed by atoms with E-state index in [1.54, 1.807) is 0 Å². The lowest BCUT2D eigenvalue weighted by Crippen LogP contribution is -2.51. The van der Waals surface area contributed by atoms with Gasteiger partial charge in [-0.25, -0.2) is 0 Å². The molecule has 0 aliphatic heterocycles. The van der Waals surface area contributed by atoms with Gasteiger partial charge in [0.15, 0.2) is 5.41 Å². The summed E-state index contributed by atoms with van der Waals surface area (Å²) in [7, 11) is 0. The first-order valence-electron chi connectivity index (χ1n) is 9.89. The van der Waals surface area contributed by atoms with Crippen molar-refractivity contribution in [2.45, 2.75) is 77.6 Å². The van der Waals surface area contributed by atoms with Gasteiger partial charge in [-0.3, -0.25) is 9.59 Å². The zero-order chi connectivity index (χ0) is 18.3. The number of carboxylic acids is 1. The van der Waals surface area contributed by atoms with Crippen molar-refractivity contribution in [3.8, 4) is 6.07 Å². The first kappa shape index (κ1) is 19.8. The number of aliphatic carboxylic acids is 1. The van der Waals surface area contributed by atoms with E-state index in [2.05, 4.69) is 6.07 Å². The maximum absolute atomic E-state index is 12.9. The van der Waals surface area contributed by atoms with Crippen LogP contribution in [0.1, 0.15) is 77.6 Å². The molecule has 2 rings (SSSR count). The number of esters is 1. The molecule has 0 aromatic rings. The summed E-state index contributed by atoms with van der Waals surface area (Å²) in [6.07, 6.45) is 9.79. The molecule has 0 spiro atoms. The Labute approximate surface area is 150 Å². The van der Waals surface area contributed by atoms with Gasteiger partial charge < -0.3 is 9.84 Å². The summed E-state index contributed by atoms with van der Waals surface area (Å²) in [4.78, 5) is 25.3. The zero-order valence-electron chi connectivity index (χ0n) is 15.3. The summed E-state index contributed by atoms with van der Waals surface area (Å²) in [5.74, 6) is -2.76. The summed E-state index contributed by atoms with van der Waals surface area (Å²) in [5, 5.41) is 20.2. The molecular weight excluding hydrogens is 318 g/mol. The predicted molar refractivity (Wildman–Crippen MR) is 93.6 cm³/mol. The van der Waals surface area contributed by atoms with Gasteiger partial charge in [0.05, 0.1) is 18.6 Å². The zero-order valence-corrected chi connectivity index (χ0v) is 15.3. The summed E-state index contributed by atoms with van der Waals surface area (Å²) < 4.78 is 5.40. The Kier molecular flexibility index (Phi) is 7.28. The molecule has 0 radical (unpaired) electrons. The lowest BCUT2D eigenvalue weighted by atomic mass is 9.58. The van der Waals surface area contributed by atoms with Gasteiger partial charge in [-0.1, -0.05) is 45.4 Å². The van der Waals surface area contributed by atoms with Crippen molar-refractivity contribution < 1.29 is 19.4 Å². The molecule has 5 nitrogen and oxygen atoms in total. The highest BCUT2D eigenvalue weighted by Crippen LogP contribution is 2.49. The second-order valence-electron chi connectivity index (χ2n) is 7.66. The molecule has 140 valence electrons. The minimum Gasteiger partial charge on any atom is -0.480 e. The van der Waals surface area contributed by atoms with Gasteiger partial charge in [-0.2, -0.15) is 5.26 Å². The molecule has 2 saturated carbocycles. The van der Waals surface area contributed by atoms with Gasteiger partial charge >= 0.3 is 11.9 Å². The maximum atomic E-state index is 12.9. The molecule has 0 bridgehead atoms. The van der Waals surface area contributed by atoms with Crippen LogP contribution in [0.2, 0.25) is 0 Å². The molecule has 1 N–H and O–H groups in total. The van der Waals surface area contributed by atoms with E-state index in [1.807, 2.05) is 6.92 Å². The fourth-order valence-corrected chi connectivity index (χ4v) is 4.84. The van der Waals surface area contributed by atoms with E-state index in [0.717, 1.165) is 51.4 Å². The number of hydrogen-bond acceptors (Lipinski definition) is 4. The van der Waals surface area contributed by atoms with E-state index >= 15 is 0 Å². The molecule has 25 heavy (non-hydrogen) atoms. The van der Waals surface area contributed by atoms with E-state index in [1.165, 1.54) is 0 Å². The Morgan fingerprint density at radius 1 is 1.12 bits per heavy atom. The molecule has 5 heteroatoms. The largest absolute Gasteiger partial charge is 0.480 e. The quantitative estimate of drug-likeness (QED) is 0.692. The maximum Gasteiger partial charge on any atom is 0.325 e. The van der Waals surface area contributed by atoms with Crippen molar-refractivity contribution >= 4 is 11.9 Å². The third-order valence-corrected chi connectivity index (χ3v) is 6.10. The number of carbonyl (C=O) groups excluding carboxylic acids is 1. The van der Waals surface area contributed by atoms with Crippen LogP contribution in [0.3, 0.4) is 0 Å². The first-order valence-corrected chi connectivity index (χ1v) is 9.89. The summed E-state index contributed by atoms with van der Waals surface area (Å²) in [6, 6.07) is 2.14. The second-order valence-corrected chi connectivity index (χ2v) is 7.66. The molecule has 0 aromatic heterocycles. The highest BCUT2D eigenvalue weighted by Gasteiger charge is 2.58. The minimum atomic E-state index is -1.65. The number of ether oxygens (including phenoxy) is 1. The standard InChI is InChI=1S/C20H31NO4/c1-2-13-25-18(22)17(15-9-5-3-6-10-15)20(14-21,19(23)24)16-11-7-4-8-12-16/h15-17H,2-13H2,1H3,(H,23,24). The van der Waals surface area contributed by atoms with E-state index in [4.69, 9.17) is 4.74 Å². The van der Waals surface area contributed by atoms with E-state index in [9.17, 15) is 20.0 Å². The Morgan fingerprint density at radius 2 is 1.68 bits per heavy atom. The lowest BCUT2D eigenvalue weighted by molar-refractivity contribution is -0.170. The molecule has 0 saturated heterocycles. The topological polar surface area (TPSA) is 87.4 Å². The Morgan fingerprint density at radius 3 is 2.16 bits per heavy atom. The molecule has 0 amide bonds. The van der Waals surface area contributed by atoms with E-state index < -0.39 is 23.3 Å². The van der Waals surface area contributed by atoms with Gasteiger partial charge in [0.1, 0.15) is 0 Å². The van der Waals surface area contributed by atoms with Crippen LogP contribution in [0.5, 0.6) is 0 Å². The third-order valence-electron chi connectivity index (χ3n) is 6.10. The van der Waals surface area contributed by atoms with Crippen molar-refractivity contribution in [2.75, 3.05) is 6.61 Å². The highest BCUT2D eigenvalue weighted by atomic mass is 16.5. The molecule has 2 aliphatic carbocycles. The minimum absolute atomic E-state index is 0.0595. The van der Waals surface area contributed by atoms with Crippen LogP contribution in [-0.2, 0) is 14.3 Å². The van der Waals surface area contributed by atoms with Crippen molar-refractivity contribution in [1.82, 2.24) is 0 Å². The van der Waals surface area contributed by atoms with Crippen LogP contribution in [0.15, 0.2) is 0 Å². The highest BCUT2D eigenvalue weighted by molar-refractivity contribution is 5.87. The van der Waals surface area contributed by atoms with Gasteiger partial charge in [0.25, 0.3) is 0 Å². The van der Waals surface area contributed by atoms with Crippen LogP contribution in [-0.4, -0.2) is 23.7 Å². The van der Waals surface area contributed by atoms with Crippen LogP contribution < -0.4 is 0 Å². The summed E-state index contributed by atoms with van der Waals surface area (Å²) in [5.41, 5.74) is -1.65. The molecule has 0 heterocycles. The summed E-state index contributed by atoms with van der Waals surface area (Å²) in [6.45, 7) is 2.20. The Balaban J connectivity index is 2.41. The van der Waals surface area contributed by atoms with E-state index in [0.29, 0.717) is 19.3 Å². The van der Waals surface area contributed by atoms with Crippen molar-refractivity contribution in [1.29, 1.82) is 5.26 Å². The molecule has 2 aliphatic rings. The van der Waals surface area contributed by atoms with Crippen LogP contribution in [0.4, 0.5) is 0 Å². The Hall–Kier alpha value is -1.57. The van der Waals surface area contributed by atoms with Gasteiger partial charge in [0.2, 0.25) is 0 Å². The number of carboxylic acid groups (broad SMARTS) is 1. The van der Waals surface area contributed by atoms with Gasteiger partial charge in [-0.05, 0) is 43.9 Å². The smallest absolute Gasteiger partial charge is 0.325 e. The SMILES string of the molecule is CCCOC(=O)C(C1CCCCC1)C(C#N)(C(=O)O)C1CCCCC1. The van der Waals surface area contributed by atoms with Crippen molar-refractivity contribution in [2.24, 2.45) is 23.2 Å². The fraction of sp³-hybridized carbons (Fsp3) is 0.850. The molecular formula is C20H31NO4. The number of rotatable bonds is 7. The average molecular weight is 349 g/mol. The number of nitriles is 1. The number of nitrogens with zero attached hydrogens (tertiary/aromatic N) is 1. The number of hydrogen-bond donors (Lipinski definition) is 1. The molecule has 2 unspecified atom stereocenters. The lowest BCUT2D eigenvalue weighted by Gasteiger charge is -2.42. The fourth-order valence-electron chi connectivity index (χ4n) is 4.84. The third kappa shape index (κ3) is 4.16. The monoisotopic (exact) mass is 349 g/mol. The second kappa shape index (κ2) is 9.22. The molecule has 2 fully saturated rings. The summed E-state index contributed by atoms with van der Waals surface area (Å²) >= 11 is 0. The van der Waals surface area contributed by atoms with Crippen molar-refractivity contribution in [3.63, 3.8) is 0 Å². The Bertz CT molecular complexity index is 500.